The molecule has 0 unspecified atom stereocenters. The first-order valence-corrected chi connectivity index (χ1v) is 7.73. The average Bonchev–Trinajstić information content (AvgIpc) is 3.02. The topological polar surface area (TPSA) is 82.1 Å². The molecule has 1 aliphatic carbocycles. The largest absolute Gasteiger partial charge is 0.390 e. The number of urea groups is 1. The maximum atomic E-state index is 12.5. The van der Waals surface area contributed by atoms with Crippen molar-refractivity contribution in [2.45, 2.75) is 37.3 Å². The van der Waals surface area contributed by atoms with Crippen LogP contribution >= 0.6 is 0 Å². The van der Waals surface area contributed by atoms with Gasteiger partial charge >= 0.3 is 6.03 Å². The zero-order valence-corrected chi connectivity index (χ0v) is 12.2. The molecule has 3 amide bonds. The molecule has 21 heavy (non-hydrogen) atoms. The number of β-amino-alcohol motifs (C(OH)–C–C–N with tert-alkyl or cyclic N) is 1. The summed E-state index contributed by atoms with van der Waals surface area (Å²) in [7, 11) is 0. The standard InChI is InChI=1S/C14H23N3O4/c18-11(9-16-5-7-21-8-6-16)10-17-12(19)14(15-13(17)20)3-1-2-4-14/h11,18H,1-10H2,(H,15,20)/t11-/m1/s1. The smallest absolute Gasteiger partial charge is 0.325 e. The Hall–Kier alpha value is -1.18. The van der Waals surface area contributed by atoms with Crippen LogP contribution in [0.25, 0.3) is 0 Å². The van der Waals surface area contributed by atoms with Crippen molar-refractivity contribution in [3.05, 3.63) is 0 Å². The van der Waals surface area contributed by atoms with Gasteiger partial charge < -0.3 is 15.2 Å². The minimum absolute atomic E-state index is 0.0732. The summed E-state index contributed by atoms with van der Waals surface area (Å²) >= 11 is 0. The van der Waals surface area contributed by atoms with Gasteiger partial charge in [0.1, 0.15) is 5.54 Å². The van der Waals surface area contributed by atoms with E-state index in [0.29, 0.717) is 32.6 Å². The molecule has 2 saturated heterocycles. The van der Waals surface area contributed by atoms with Crippen molar-refractivity contribution in [3.63, 3.8) is 0 Å². The first kappa shape index (κ1) is 14.7. The summed E-state index contributed by atoms with van der Waals surface area (Å²) in [6.45, 7) is 3.43. The van der Waals surface area contributed by atoms with Crippen LogP contribution in [0, 0.1) is 0 Å². The van der Waals surface area contributed by atoms with Crippen molar-refractivity contribution in [2.24, 2.45) is 0 Å². The molecule has 0 aromatic rings. The molecule has 7 heteroatoms. The number of carbonyl (C=O) groups is 2. The van der Waals surface area contributed by atoms with E-state index in [9.17, 15) is 14.7 Å². The van der Waals surface area contributed by atoms with E-state index >= 15 is 0 Å². The number of aliphatic hydroxyl groups is 1. The molecule has 3 aliphatic rings. The molecule has 2 aliphatic heterocycles. The summed E-state index contributed by atoms with van der Waals surface area (Å²) in [5.74, 6) is -0.161. The predicted molar refractivity (Wildman–Crippen MR) is 74.7 cm³/mol. The third kappa shape index (κ3) is 2.90. The maximum absolute atomic E-state index is 12.5. The van der Waals surface area contributed by atoms with E-state index in [1.165, 1.54) is 4.90 Å². The lowest BCUT2D eigenvalue weighted by Crippen LogP contribution is -2.47. The first-order chi connectivity index (χ1) is 10.1. The van der Waals surface area contributed by atoms with Gasteiger partial charge in [0.2, 0.25) is 0 Å². The van der Waals surface area contributed by atoms with Crippen molar-refractivity contribution in [3.8, 4) is 0 Å². The second-order valence-electron chi connectivity index (χ2n) is 6.20. The first-order valence-electron chi connectivity index (χ1n) is 7.73. The van der Waals surface area contributed by atoms with Crippen LogP contribution in [0.5, 0.6) is 0 Å². The van der Waals surface area contributed by atoms with Gasteiger partial charge in [-0.15, -0.1) is 0 Å². The fourth-order valence-electron chi connectivity index (χ4n) is 3.51. The number of morpholine rings is 1. The molecule has 1 atom stereocenters. The molecule has 0 aromatic carbocycles. The normalized spacial score (nSPS) is 27.4. The number of aliphatic hydroxyl groups excluding tert-OH is 1. The van der Waals surface area contributed by atoms with E-state index in [1.807, 2.05) is 0 Å². The molecular formula is C14H23N3O4. The zero-order chi connectivity index (χ0) is 14.9. The highest BCUT2D eigenvalue weighted by Gasteiger charge is 2.52. The van der Waals surface area contributed by atoms with Crippen molar-refractivity contribution in [2.75, 3.05) is 39.4 Å². The number of ether oxygens (including phenoxy) is 1. The fourth-order valence-corrected chi connectivity index (χ4v) is 3.51. The average molecular weight is 297 g/mol. The third-order valence-electron chi connectivity index (χ3n) is 4.67. The van der Waals surface area contributed by atoms with Gasteiger partial charge in [0.25, 0.3) is 5.91 Å². The van der Waals surface area contributed by atoms with Crippen molar-refractivity contribution in [1.82, 2.24) is 15.1 Å². The molecule has 0 radical (unpaired) electrons. The quantitative estimate of drug-likeness (QED) is 0.687. The van der Waals surface area contributed by atoms with Crippen molar-refractivity contribution >= 4 is 11.9 Å². The third-order valence-corrected chi connectivity index (χ3v) is 4.67. The van der Waals surface area contributed by atoms with Gasteiger partial charge in [-0.25, -0.2) is 4.79 Å². The Bertz CT molecular complexity index is 416. The second kappa shape index (κ2) is 5.90. The highest BCUT2D eigenvalue weighted by Crippen LogP contribution is 2.35. The van der Waals surface area contributed by atoms with E-state index in [0.717, 1.165) is 25.9 Å². The Balaban J connectivity index is 1.56. The van der Waals surface area contributed by atoms with Crippen LogP contribution in [0.3, 0.4) is 0 Å². The number of imide groups is 1. The van der Waals surface area contributed by atoms with E-state index in [1.54, 1.807) is 0 Å². The summed E-state index contributed by atoms with van der Waals surface area (Å²) in [6, 6.07) is -0.358. The minimum Gasteiger partial charge on any atom is -0.390 e. The van der Waals surface area contributed by atoms with Gasteiger partial charge in [-0.3, -0.25) is 14.6 Å². The van der Waals surface area contributed by atoms with Crippen LogP contribution in [0.1, 0.15) is 25.7 Å². The number of carbonyl (C=O) groups excluding carboxylic acids is 2. The van der Waals surface area contributed by atoms with Crippen LogP contribution in [-0.4, -0.2) is 77.9 Å². The number of nitrogens with one attached hydrogen (secondary N) is 1. The monoisotopic (exact) mass is 297 g/mol. The lowest BCUT2D eigenvalue weighted by Gasteiger charge is -2.29. The molecule has 1 saturated carbocycles. The van der Waals surface area contributed by atoms with Gasteiger partial charge in [0, 0.05) is 19.6 Å². The number of nitrogens with zero attached hydrogens (tertiary/aromatic N) is 2. The lowest BCUT2D eigenvalue weighted by atomic mass is 9.98. The Kier molecular flexibility index (Phi) is 4.14. The predicted octanol–water partition coefficient (Wildman–Crippen LogP) is -0.456. The molecule has 3 rings (SSSR count). The van der Waals surface area contributed by atoms with Crippen molar-refractivity contribution in [1.29, 1.82) is 0 Å². The van der Waals surface area contributed by atoms with E-state index in [-0.39, 0.29) is 18.5 Å². The van der Waals surface area contributed by atoms with E-state index in [4.69, 9.17) is 4.74 Å². The SMILES string of the molecule is O=C1NC2(CCCC2)C(=O)N1C[C@H](O)CN1CCOCC1. The lowest BCUT2D eigenvalue weighted by molar-refractivity contribution is -0.132. The molecule has 2 heterocycles. The maximum Gasteiger partial charge on any atom is 0.325 e. The molecular weight excluding hydrogens is 274 g/mol. The summed E-state index contributed by atoms with van der Waals surface area (Å²) in [5.41, 5.74) is -0.685. The highest BCUT2D eigenvalue weighted by molar-refractivity contribution is 6.07. The summed E-state index contributed by atoms with van der Waals surface area (Å²) in [6.07, 6.45) is 2.66. The fraction of sp³-hybridized carbons (Fsp3) is 0.857. The van der Waals surface area contributed by atoms with Crippen molar-refractivity contribution < 1.29 is 19.4 Å². The number of hydrogen-bond donors (Lipinski definition) is 2. The molecule has 0 aromatic heterocycles. The molecule has 1 spiro atoms. The van der Waals surface area contributed by atoms with Crippen LogP contribution < -0.4 is 5.32 Å². The second-order valence-corrected chi connectivity index (χ2v) is 6.20. The number of rotatable bonds is 4. The summed E-state index contributed by atoms with van der Waals surface area (Å²) in [4.78, 5) is 27.8. The zero-order valence-electron chi connectivity index (χ0n) is 12.2. The van der Waals surface area contributed by atoms with Gasteiger partial charge in [-0.2, -0.15) is 0 Å². The number of amides is 3. The van der Waals surface area contributed by atoms with Crippen LogP contribution in [-0.2, 0) is 9.53 Å². The Morgan fingerprint density at radius 1 is 1.19 bits per heavy atom. The summed E-state index contributed by atoms with van der Waals surface area (Å²) < 4.78 is 5.26. The van der Waals surface area contributed by atoms with Crippen LogP contribution in [0.15, 0.2) is 0 Å². The molecule has 7 nitrogen and oxygen atoms in total. The highest BCUT2D eigenvalue weighted by atomic mass is 16.5. The molecule has 3 fully saturated rings. The van der Waals surface area contributed by atoms with E-state index in [2.05, 4.69) is 10.2 Å². The summed E-state index contributed by atoms with van der Waals surface area (Å²) in [5, 5.41) is 13.0. The molecule has 2 N–H and O–H groups in total. The van der Waals surface area contributed by atoms with Gasteiger partial charge in [0.15, 0.2) is 0 Å². The number of hydrogen-bond acceptors (Lipinski definition) is 5. The Morgan fingerprint density at radius 2 is 1.86 bits per heavy atom. The van der Waals surface area contributed by atoms with Crippen LogP contribution in [0.2, 0.25) is 0 Å². The van der Waals surface area contributed by atoms with Gasteiger partial charge in [-0.1, -0.05) is 12.8 Å². The minimum atomic E-state index is -0.714. The van der Waals surface area contributed by atoms with E-state index < -0.39 is 11.6 Å². The van der Waals surface area contributed by atoms with Gasteiger partial charge in [-0.05, 0) is 12.8 Å². The molecule has 118 valence electrons. The Morgan fingerprint density at radius 3 is 2.52 bits per heavy atom. The Labute approximate surface area is 124 Å². The molecule has 0 bridgehead atoms. The van der Waals surface area contributed by atoms with Gasteiger partial charge in [0.05, 0.1) is 25.9 Å². The van der Waals surface area contributed by atoms with Crippen LogP contribution in [0.4, 0.5) is 4.79 Å².